The minimum Gasteiger partial charge on any atom is -0.353 e. The molecule has 0 aliphatic carbocycles. The van der Waals surface area contributed by atoms with Gasteiger partial charge in [0.05, 0.1) is 6.04 Å². The molecular weight excluding hydrogens is 274 g/mol. The fourth-order valence-corrected chi connectivity index (χ4v) is 2.68. The van der Waals surface area contributed by atoms with Crippen LogP contribution in [0.15, 0.2) is 0 Å². The average molecular weight is 306 g/mol. The van der Waals surface area contributed by atoms with Crippen LogP contribution in [0.4, 0.5) is 0 Å². The lowest BCUT2D eigenvalue weighted by Gasteiger charge is -2.27. The Morgan fingerprint density at radius 3 is 2.60 bits per heavy atom. The van der Waals surface area contributed by atoms with E-state index in [1.54, 1.807) is 0 Å². The number of carbonyl (C=O) groups excluding carboxylic acids is 1. The van der Waals surface area contributed by atoms with E-state index in [0.717, 1.165) is 26.1 Å². The van der Waals surface area contributed by atoms with Gasteiger partial charge in [-0.1, -0.05) is 34.1 Å². The summed E-state index contributed by atoms with van der Waals surface area (Å²) in [6, 6.07) is 0.125. The molecule has 0 aromatic rings. The smallest absolute Gasteiger partial charge is 0.237 e. The normalized spacial score (nSPS) is 22.4. The maximum atomic E-state index is 12.0. The summed E-state index contributed by atoms with van der Waals surface area (Å²) >= 11 is 0. The van der Waals surface area contributed by atoms with Crippen molar-refractivity contribution in [1.29, 1.82) is 0 Å². The summed E-state index contributed by atoms with van der Waals surface area (Å²) in [5, 5.41) is 3.04. The van der Waals surface area contributed by atoms with Gasteiger partial charge in [-0.15, -0.1) is 12.4 Å². The molecular formula is C15H32ClN3O. The summed E-state index contributed by atoms with van der Waals surface area (Å²) in [5.74, 6) is 0.930. The highest BCUT2D eigenvalue weighted by Gasteiger charge is 2.26. The van der Waals surface area contributed by atoms with E-state index in [1.165, 1.54) is 12.8 Å². The second-order valence-corrected chi connectivity index (χ2v) is 6.34. The van der Waals surface area contributed by atoms with E-state index < -0.39 is 0 Å². The van der Waals surface area contributed by atoms with Crippen molar-refractivity contribution >= 4 is 18.3 Å². The first-order valence-corrected chi connectivity index (χ1v) is 7.73. The minimum absolute atomic E-state index is 0. The van der Waals surface area contributed by atoms with E-state index in [1.807, 2.05) is 6.92 Å². The lowest BCUT2D eigenvalue weighted by molar-refractivity contribution is -0.123. The van der Waals surface area contributed by atoms with Gasteiger partial charge in [-0.05, 0) is 31.2 Å². The molecule has 1 amide bonds. The zero-order valence-electron chi connectivity index (χ0n) is 13.4. The van der Waals surface area contributed by atoms with Crippen LogP contribution in [0.1, 0.15) is 47.0 Å². The molecule has 3 N–H and O–H groups in total. The van der Waals surface area contributed by atoms with Gasteiger partial charge in [0.2, 0.25) is 5.91 Å². The van der Waals surface area contributed by atoms with Gasteiger partial charge in [0.1, 0.15) is 0 Å². The van der Waals surface area contributed by atoms with Crippen molar-refractivity contribution in [3.8, 4) is 0 Å². The summed E-state index contributed by atoms with van der Waals surface area (Å²) in [6.45, 7) is 11.6. The Kier molecular flexibility index (Phi) is 9.43. The molecule has 0 aromatic heterocycles. The van der Waals surface area contributed by atoms with Gasteiger partial charge >= 0.3 is 0 Å². The number of nitrogens with zero attached hydrogens (tertiary/aromatic N) is 1. The fourth-order valence-electron chi connectivity index (χ4n) is 2.68. The van der Waals surface area contributed by atoms with Crippen LogP contribution >= 0.6 is 12.4 Å². The van der Waals surface area contributed by atoms with E-state index in [4.69, 9.17) is 5.73 Å². The van der Waals surface area contributed by atoms with Crippen molar-refractivity contribution in [2.75, 3.05) is 19.6 Å². The Bertz CT molecular complexity index is 286. The van der Waals surface area contributed by atoms with Crippen molar-refractivity contribution in [3.05, 3.63) is 0 Å². The highest BCUT2D eigenvalue weighted by Crippen LogP contribution is 2.18. The first-order chi connectivity index (χ1) is 8.95. The van der Waals surface area contributed by atoms with Crippen LogP contribution in [0.3, 0.4) is 0 Å². The summed E-state index contributed by atoms with van der Waals surface area (Å²) < 4.78 is 0. The molecule has 1 rings (SSSR count). The molecule has 5 heteroatoms. The van der Waals surface area contributed by atoms with Crippen molar-refractivity contribution in [2.45, 2.75) is 59.0 Å². The molecule has 0 bridgehead atoms. The number of amides is 1. The number of rotatable bonds is 7. The molecule has 1 fully saturated rings. The van der Waals surface area contributed by atoms with Gasteiger partial charge < -0.3 is 11.1 Å². The van der Waals surface area contributed by atoms with Crippen LogP contribution in [0.25, 0.3) is 0 Å². The Morgan fingerprint density at radius 2 is 2.05 bits per heavy atom. The molecule has 0 aromatic carbocycles. The molecule has 1 saturated heterocycles. The van der Waals surface area contributed by atoms with Crippen molar-refractivity contribution in [1.82, 2.24) is 10.2 Å². The number of nitrogens with two attached hydrogens (primary N) is 1. The summed E-state index contributed by atoms with van der Waals surface area (Å²) in [4.78, 5) is 14.5. The quantitative estimate of drug-likeness (QED) is 0.756. The Balaban J connectivity index is 0.00000361. The summed E-state index contributed by atoms with van der Waals surface area (Å²) in [6.07, 6.45) is 3.37. The van der Waals surface area contributed by atoms with E-state index in [-0.39, 0.29) is 30.3 Å². The maximum Gasteiger partial charge on any atom is 0.237 e. The van der Waals surface area contributed by atoms with Gasteiger partial charge in [-0.2, -0.15) is 0 Å². The molecule has 1 aliphatic rings. The molecule has 1 aliphatic heterocycles. The molecule has 1 heterocycles. The summed E-state index contributed by atoms with van der Waals surface area (Å²) in [7, 11) is 0. The van der Waals surface area contributed by atoms with Crippen LogP contribution in [0.5, 0.6) is 0 Å². The lowest BCUT2D eigenvalue weighted by atomic mass is 9.99. The Labute approximate surface area is 130 Å². The molecule has 3 atom stereocenters. The van der Waals surface area contributed by atoms with E-state index in [9.17, 15) is 4.79 Å². The standard InChI is InChI=1S/C15H31N3O.ClH/c1-5-12(4)14(16)15(19)17-9-13-7-6-8-18(13)10-11(2)3;/h11-14H,5-10,16H2,1-4H3,(H,17,19);1H/t12?,13-,14?;/m1./s1. The lowest BCUT2D eigenvalue weighted by Crippen LogP contribution is -2.48. The average Bonchev–Trinajstić information content (AvgIpc) is 2.80. The first-order valence-electron chi connectivity index (χ1n) is 7.73. The largest absolute Gasteiger partial charge is 0.353 e. The zero-order valence-corrected chi connectivity index (χ0v) is 14.2. The number of hydrogen-bond acceptors (Lipinski definition) is 3. The van der Waals surface area contributed by atoms with Crippen molar-refractivity contribution in [2.24, 2.45) is 17.6 Å². The van der Waals surface area contributed by atoms with Gasteiger partial charge in [0.15, 0.2) is 0 Å². The molecule has 0 saturated carbocycles. The Hall–Kier alpha value is -0.320. The number of nitrogens with one attached hydrogen (secondary N) is 1. The first kappa shape index (κ1) is 19.7. The maximum absolute atomic E-state index is 12.0. The van der Waals surface area contributed by atoms with E-state index in [2.05, 4.69) is 31.0 Å². The Morgan fingerprint density at radius 1 is 1.40 bits per heavy atom. The minimum atomic E-state index is -0.370. The monoisotopic (exact) mass is 305 g/mol. The third-order valence-corrected chi connectivity index (χ3v) is 4.17. The van der Waals surface area contributed by atoms with Gasteiger partial charge in [0.25, 0.3) is 0 Å². The molecule has 4 nitrogen and oxygen atoms in total. The van der Waals surface area contributed by atoms with E-state index >= 15 is 0 Å². The van der Waals surface area contributed by atoms with Gasteiger partial charge in [-0.3, -0.25) is 9.69 Å². The number of halogens is 1. The molecule has 0 radical (unpaired) electrons. The second-order valence-electron chi connectivity index (χ2n) is 6.34. The number of hydrogen-bond donors (Lipinski definition) is 2. The van der Waals surface area contributed by atoms with Crippen LogP contribution in [-0.4, -0.2) is 42.5 Å². The predicted molar refractivity (Wildman–Crippen MR) is 87.1 cm³/mol. The molecule has 20 heavy (non-hydrogen) atoms. The third-order valence-electron chi connectivity index (χ3n) is 4.17. The van der Waals surface area contributed by atoms with Gasteiger partial charge in [0, 0.05) is 19.1 Å². The van der Waals surface area contributed by atoms with Crippen LogP contribution < -0.4 is 11.1 Å². The van der Waals surface area contributed by atoms with E-state index in [0.29, 0.717) is 12.0 Å². The van der Waals surface area contributed by atoms with Crippen LogP contribution in [0.2, 0.25) is 0 Å². The van der Waals surface area contributed by atoms with Crippen LogP contribution in [0, 0.1) is 11.8 Å². The fraction of sp³-hybridized carbons (Fsp3) is 0.933. The third kappa shape index (κ3) is 5.98. The van der Waals surface area contributed by atoms with Crippen LogP contribution in [-0.2, 0) is 4.79 Å². The van der Waals surface area contributed by atoms with Gasteiger partial charge in [-0.25, -0.2) is 0 Å². The number of likely N-dealkylation sites (tertiary alicyclic amines) is 1. The second kappa shape index (κ2) is 9.59. The molecule has 0 spiro atoms. The molecule has 120 valence electrons. The van der Waals surface area contributed by atoms with Crippen molar-refractivity contribution in [3.63, 3.8) is 0 Å². The highest BCUT2D eigenvalue weighted by molar-refractivity contribution is 5.85. The summed E-state index contributed by atoms with van der Waals surface area (Å²) in [5.41, 5.74) is 5.95. The highest BCUT2D eigenvalue weighted by atomic mass is 35.5. The molecule has 2 unspecified atom stereocenters. The predicted octanol–water partition coefficient (Wildman–Crippen LogP) is 2.02. The van der Waals surface area contributed by atoms with Crippen molar-refractivity contribution < 1.29 is 4.79 Å². The SMILES string of the molecule is CCC(C)C(N)C(=O)NC[C@H]1CCCN1CC(C)C.Cl. The number of carbonyl (C=O) groups is 1. The topological polar surface area (TPSA) is 58.4 Å². The zero-order chi connectivity index (χ0) is 14.4.